The Morgan fingerprint density at radius 2 is 0.797 bits per heavy atom. The Balaban J connectivity index is 1.05. The number of phenolic OH excluding ortho intramolecular Hbond substituents is 2. The zero-order valence-corrected chi connectivity index (χ0v) is 39.0. The van der Waals surface area contributed by atoms with Gasteiger partial charge in [0.2, 0.25) is 0 Å². The van der Waals surface area contributed by atoms with E-state index in [2.05, 4.69) is 31.1 Å². The van der Waals surface area contributed by atoms with Crippen LogP contribution in [0.15, 0.2) is 152 Å². The van der Waals surface area contributed by atoms with Crippen LogP contribution in [-0.4, -0.2) is 92.3 Å². The number of nitrogens with zero attached hydrogens (tertiary/aromatic N) is 4. The number of anilines is 2. The lowest BCUT2D eigenvalue weighted by molar-refractivity contribution is -0.145. The summed E-state index contributed by atoms with van der Waals surface area (Å²) in [6.07, 6.45) is -1.38. The number of hydrogen-bond acceptors (Lipinski definition) is 16. The maximum atomic E-state index is 13.3. The van der Waals surface area contributed by atoms with Gasteiger partial charge in [-0.2, -0.15) is 27.1 Å². The van der Waals surface area contributed by atoms with Gasteiger partial charge in [-0.3, -0.25) is 37.9 Å². The molecule has 0 aliphatic rings. The summed E-state index contributed by atoms with van der Waals surface area (Å²) in [5, 5.41) is 79.9. The molecule has 0 aliphatic carbocycles. The molecule has 0 bridgehead atoms. The molecule has 7 aromatic rings. The maximum Gasteiger partial charge on any atom is 0.311 e. The first-order chi connectivity index (χ1) is 34.9. The maximum absolute atomic E-state index is 13.3. The summed E-state index contributed by atoms with van der Waals surface area (Å²) >= 11 is 0. The van der Waals surface area contributed by atoms with Gasteiger partial charge in [0.15, 0.2) is 11.5 Å². The smallest absolute Gasteiger partial charge is 0.311 e. The first-order valence-electron chi connectivity index (χ1n) is 21.1. The van der Waals surface area contributed by atoms with Crippen molar-refractivity contribution in [3.05, 3.63) is 144 Å². The summed E-state index contributed by atoms with van der Waals surface area (Å²) in [7, 11) is -10.1. The predicted molar refractivity (Wildman–Crippen MR) is 260 cm³/mol. The lowest BCUT2D eigenvalue weighted by Gasteiger charge is -2.12. The Kier molecular flexibility index (Phi) is 14.9. The number of carbonyl (C=O) groups is 6. The van der Waals surface area contributed by atoms with E-state index in [1.54, 1.807) is 0 Å². The second kappa shape index (κ2) is 21.1. The number of nitrogens with one attached hydrogen (secondary N) is 2. The van der Waals surface area contributed by atoms with Gasteiger partial charge in [-0.1, -0.05) is 24.3 Å². The number of carboxylic acids is 4. The minimum Gasteiger partial charge on any atom is -0.505 e. The van der Waals surface area contributed by atoms with Crippen molar-refractivity contribution < 1.29 is 85.3 Å². The highest BCUT2D eigenvalue weighted by atomic mass is 32.2. The van der Waals surface area contributed by atoms with Gasteiger partial charge < -0.3 is 41.3 Å². The highest BCUT2D eigenvalue weighted by Gasteiger charge is 2.27. The monoisotopic (exact) mass is 1050 g/mol. The van der Waals surface area contributed by atoms with E-state index in [9.17, 15) is 75.1 Å². The number of rotatable bonds is 18. The van der Waals surface area contributed by atoms with Gasteiger partial charge in [-0.05, 0) is 119 Å². The summed E-state index contributed by atoms with van der Waals surface area (Å²) in [5.74, 6) is -11.0. The largest absolute Gasteiger partial charge is 0.505 e. The summed E-state index contributed by atoms with van der Waals surface area (Å²) in [6, 6.07) is 25.4. The predicted octanol–water partition coefficient (Wildman–Crippen LogP) is 8.52. The highest BCUT2D eigenvalue weighted by molar-refractivity contribution is 7.86. The Bertz CT molecular complexity index is 3510. The van der Waals surface area contributed by atoms with Crippen molar-refractivity contribution in [1.29, 1.82) is 0 Å². The van der Waals surface area contributed by atoms with E-state index in [0.717, 1.165) is 12.1 Å². The van der Waals surface area contributed by atoms with Crippen molar-refractivity contribution in [3.8, 4) is 11.5 Å². The van der Waals surface area contributed by atoms with E-state index >= 15 is 0 Å². The zero-order valence-electron chi connectivity index (χ0n) is 37.4. The third-order valence-corrected chi connectivity index (χ3v) is 12.8. The molecule has 378 valence electrons. The Labute approximate surface area is 416 Å². The number of aromatic hydroxyl groups is 2. The number of fused-ring (bicyclic) bond motifs is 2. The topological polar surface area (TPSA) is 406 Å². The van der Waals surface area contributed by atoms with Crippen LogP contribution in [0.4, 0.5) is 34.1 Å². The molecule has 0 aromatic heterocycles. The van der Waals surface area contributed by atoms with Gasteiger partial charge in [0.25, 0.3) is 32.1 Å². The molecular weight excluding hydrogens is 1010 g/mol. The molecule has 2 unspecified atom stereocenters. The van der Waals surface area contributed by atoms with Crippen LogP contribution in [0.5, 0.6) is 11.5 Å². The van der Waals surface area contributed by atoms with Crippen LogP contribution in [0.3, 0.4) is 0 Å². The summed E-state index contributed by atoms with van der Waals surface area (Å²) in [4.78, 5) is 70.2. The van der Waals surface area contributed by atoms with E-state index in [1.165, 1.54) is 109 Å². The first-order valence-corrected chi connectivity index (χ1v) is 24.0. The Morgan fingerprint density at radius 3 is 1.09 bits per heavy atom. The molecule has 0 heterocycles. The number of phenols is 2. The molecule has 10 N–H and O–H groups in total. The van der Waals surface area contributed by atoms with Gasteiger partial charge in [-0.15, -0.1) is 10.2 Å². The van der Waals surface area contributed by atoms with Crippen LogP contribution in [0.1, 0.15) is 56.5 Å². The summed E-state index contributed by atoms with van der Waals surface area (Å²) in [6.45, 7) is 0. The average molecular weight is 1050 g/mol. The number of azo groups is 2. The molecule has 0 spiro atoms. The number of carbonyl (C=O) groups excluding carboxylic acids is 2. The van der Waals surface area contributed by atoms with E-state index in [4.69, 9.17) is 10.2 Å². The second-order valence-corrected chi connectivity index (χ2v) is 18.8. The number of hydrogen-bond donors (Lipinski definition) is 10. The van der Waals surface area contributed by atoms with E-state index in [-0.39, 0.29) is 66.5 Å². The molecule has 0 fully saturated rings. The molecule has 0 radical (unpaired) electrons. The molecule has 74 heavy (non-hydrogen) atoms. The van der Waals surface area contributed by atoms with Gasteiger partial charge in [0.1, 0.15) is 21.2 Å². The molecule has 26 heteroatoms. The average Bonchev–Trinajstić information content (AvgIpc) is 3.33. The lowest BCUT2D eigenvalue weighted by atomic mass is 9.96. The van der Waals surface area contributed by atoms with E-state index in [0.29, 0.717) is 0 Å². The van der Waals surface area contributed by atoms with Crippen LogP contribution in [0.2, 0.25) is 0 Å². The molecule has 2 atom stereocenters. The van der Waals surface area contributed by atoms with Crippen molar-refractivity contribution >= 4 is 112 Å². The standard InChI is InChI=1S/C48H36N6O18S2/c55-39(56)21-35(47(63)64)23-5-9-29(10-6-23)51-53-41-37(73(67,68)69)19-27-17-31(13-15-33(27)43(41)59)49-45(61)25-1-2-26(4-3-25)46(62)50-32-14-16-34-28(18-32)20-38(74(70,71)72)42(44(34)60)54-52-30-11-7-24(8-12-30)36(48(65)66)22-40(57)58/h1-20,35-36,59-60H,21-22H2,(H,49,61)(H,50,62)(H,55,56)(H,57,58)(H,63,64)(H,65,66)(H,67,68,69)(H,70,71,72). The molecule has 0 saturated heterocycles. The van der Waals surface area contributed by atoms with Crippen LogP contribution < -0.4 is 10.6 Å². The normalized spacial score (nSPS) is 12.7. The summed E-state index contributed by atoms with van der Waals surface area (Å²) < 4.78 is 70.0. The van der Waals surface area contributed by atoms with Crippen LogP contribution in [-0.2, 0) is 39.4 Å². The third-order valence-electron chi connectivity index (χ3n) is 11.1. The third kappa shape index (κ3) is 12.0. The van der Waals surface area contributed by atoms with Crippen molar-refractivity contribution in [2.24, 2.45) is 20.5 Å². The number of aliphatic carboxylic acids is 4. The second-order valence-electron chi connectivity index (χ2n) is 16.0. The minimum atomic E-state index is -5.06. The van der Waals surface area contributed by atoms with Crippen LogP contribution in [0, 0.1) is 0 Å². The molecule has 7 rings (SSSR count). The molecule has 0 saturated carbocycles. The van der Waals surface area contributed by atoms with E-state index in [1.807, 2.05) is 0 Å². The molecule has 7 aromatic carbocycles. The Morgan fingerprint density at radius 1 is 0.459 bits per heavy atom. The minimum absolute atomic E-state index is 0.0268. The molecule has 0 aliphatic heterocycles. The Hall–Kier alpha value is -9.50. The summed E-state index contributed by atoms with van der Waals surface area (Å²) in [5.41, 5.74) is -0.605. The van der Waals surface area contributed by atoms with Crippen molar-refractivity contribution in [1.82, 2.24) is 0 Å². The van der Waals surface area contributed by atoms with Gasteiger partial charge in [0, 0.05) is 33.3 Å². The SMILES string of the molecule is O=C(O)CC(C(=O)O)c1ccc(N=Nc2c(S(=O)(=O)O)cc3cc(NC(=O)c4ccc(C(=O)Nc5ccc6c(O)c(N=Nc7ccc(C(CC(=O)O)C(=O)O)cc7)c(S(=O)(=O)O)cc6c5)cc4)ccc3c2O)cc1. The fraction of sp³-hybridized carbons (Fsp3) is 0.0833. The van der Waals surface area contributed by atoms with Crippen molar-refractivity contribution in [2.75, 3.05) is 10.6 Å². The van der Waals surface area contributed by atoms with Gasteiger partial charge >= 0.3 is 23.9 Å². The van der Waals surface area contributed by atoms with Crippen LogP contribution in [0.25, 0.3) is 21.5 Å². The zero-order chi connectivity index (χ0) is 53.8. The fourth-order valence-electron chi connectivity index (χ4n) is 7.43. The molecule has 24 nitrogen and oxygen atoms in total. The van der Waals surface area contributed by atoms with Crippen molar-refractivity contribution in [2.45, 2.75) is 34.5 Å². The molecule has 2 amide bonds. The van der Waals surface area contributed by atoms with Gasteiger partial charge in [0.05, 0.1) is 36.1 Å². The number of benzene rings is 7. The number of amides is 2. The highest BCUT2D eigenvalue weighted by Crippen LogP contribution is 2.44. The number of carboxylic acid groups (broad SMARTS) is 4. The van der Waals surface area contributed by atoms with Gasteiger partial charge in [-0.25, -0.2) is 0 Å². The fourth-order valence-corrected chi connectivity index (χ4v) is 8.75. The first kappa shape index (κ1) is 52.3. The van der Waals surface area contributed by atoms with Crippen molar-refractivity contribution in [3.63, 3.8) is 0 Å². The van der Waals surface area contributed by atoms with E-state index < -0.39 is 113 Å². The lowest BCUT2D eigenvalue weighted by Crippen LogP contribution is -2.15. The molecular formula is C48H36N6O18S2. The quantitative estimate of drug-likeness (QED) is 0.0284. The van der Waals surface area contributed by atoms with Crippen LogP contribution >= 0.6 is 0 Å².